The van der Waals surface area contributed by atoms with Crippen LogP contribution in [0.4, 0.5) is 5.82 Å². The van der Waals surface area contributed by atoms with Crippen LogP contribution >= 0.6 is 0 Å². The molecule has 0 spiro atoms. The molecule has 4 nitrogen and oxygen atoms in total. The highest BCUT2D eigenvalue weighted by atomic mass is 15.3. The van der Waals surface area contributed by atoms with Gasteiger partial charge in [0.05, 0.1) is 11.7 Å². The standard InChI is InChI=1S/C11H18N4/c1-3-9-10-8(11(12)13-14(10)2)6-15(9)7-4-5-7/h7,9H,3-6H2,1-2H3,(H2,12,13). The molecule has 1 aromatic rings. The second kappa shape index (κ2) is 2.98. The van der Waals surface area contributed by atoms with Crippen LogP contribution in [0.5, 0.6) is 0 Å². The van der Waals surface area contributed by atoms with E-state index in [1.54, 1.807) is 0 Å². The summed E-state index contributed by atoms with van der Waals surface area (Å²) in [5, 5.41) is 4.31. The number of aromatic nitrogens is 2. The predicted octanol–water partition coefficient (Wildman–Crippen LogP) is 1.43. The predicted molar refractivity (Wildman–Crippen MR) is 59.2 cm³/mol. The Balaban J connectivity index is 2.01. The summed E-state index contributed by atoms with van der Waals surface area (Å²) in [4.78, 5) is 2.60. The van der Waals surface area contributed by atoms with Crippen LogP contribution in [-0.4, -0.2) is 20.7 Å². The molecule has 15 heavy (non-hydrogen) atoms. The Hall–Kier alpha value is -1.03. The van der Waals surface area contributed by atoms with Crippen molar-refractivity contribution in [1.29, 1.82) is 0 Å². The molecule has 1 fully saturated rings. The van der Waals surface area contributed by atoms with Gasteiger partial charge in [0.25, 0.3) is 0 Å². The third kappa shape index (κ3) is 1.21. The highest BCUT2D eigenvalue weighted by Crippen LogP contribution is 2.44. The van der Waals surface area contributed by atoms with Crippen molar-refractivity contribution in [3.05, 3.63) is 11.3 Å². The average Bonchev–Trinajstić information content (AvgIpc) is 2.91. The molecular formula is C11H18N4. The van der Waals surface area contributed by atoms with E-state index in [1.165, 1.54) is 24.1 Å². The Kier molecular flexibility index (Phi) is 1.83. The number of anilines is 1. The van der Waals surface area contributed by atoms with Gasteiger partial charge in [0.15, 0.2) is 0 Å². The zero-order valence-electron chi connectivity index (χ0n) is 9.40. The monoisotopic (exact) mass is 206 g/mol. The number of aryl methyl sites for hydroxylation is 1. The van der Waals surface area contributed by atoms with Gasteiger partial charge in [-0.05, 0) is 19.3 Å². The van der Waals surface area contributed by atoms with E-state index >= 15 is 0 Å². The Morgan fingerprint density at radius 1 is 1.47 bits per heavy atom. The third-order valence-corrected chi connectivity index (χ3v) is 3.68. The molecule has 2 heterocycles. The maximum Gasteiger partial charge on any atom is 0.150 e. The second-order valence-corrected chi connectivity index (χ2v) is 4.70. The minimum absolute atomic E-state index is 0.544. The summed E-state index contributed by atoms with van der Waals surface area (Å²) in [6.45, 7) is 3.26. The number of nitrogens with two attached hydrogens (primary N) is 1. The van der Waals surface area contributed by atoms with Crippen LogP contribution in [0.3, 0.4) is 0 Å². The van der Waals surface area contributed by atoms with E-state index in [-0.39, 0.29) is 0 Å². The van der Waals surface area contributed by atoms with Crippen molar-refractivity contribution >= 4 is 5.82 Å². The molecule has 1 aliphatic carbocycles. The fourth-order valence-corrected chi connectivity index (χ4v) is 2.85. The Labute approximate surface area is 90.0 Å². The molecule has 1 aromatic heterocycles. The van der Waals surface area contributed by atoms with Gasteiger partial charge >= 0.3 is 0 Å². The maximum absolute atomic E-state index is 5.93. The normalized spacial score (nSPS) is 25.9. The van der Waals surface area contributed by atoms with E-state index in [2.05, 4.69) is 16.9 Å². The van der Waals surface area contributed by atoms with Gasteiger partial charge in [-0.3, -0.25) is 9.58 Å². The lowest BCUT2D eigenvalue weighted by molar-refractivity contribution is 0.193. The zero-order chi connectivity index (χ0) is 10.6. The van der Waals surface area contributed by atoms with Crippen molar-refractivity contribution in [2.45, 2.75) is 44.8 Å². The fourth-order valence-electron chi connectivity index (χ4n) is 2.85. The maximum atomic E-state index is 5.93. The molecule has 0 bridgehead atoms. The van der Waals surface area contributed by atoms with Crippen LogP contribution in [0.2, 0.25) is 0 Å². The number of rotatable bonds is 2. The van der Waals surface area contributed by atoms with E-state index in [0.29, 0.717) is 6.04 Å². The first-order valence-electron chi connectivity index (χ1n) is 5.79. The molecule has 1 atom stereocenters. The minimum Gasteiger partial charge on any atom is -0.382 e. The number of nitrogen functional groups attached to an aromatic ring is 1. The summed E-state index contributed by atoms with van der Waals surface area (Å²) in [5.74, 6) is 0.731. The number of fused-ring (bicyclic) bond motifs is 1. The van der Waals surface area contributed by atoms with Gasteiger partial charge in [-0.1, -0.05) is 6.92 Å². The van der Waals surface area contributed by atoms with Gasteiger partial charge in [0.1, 0.15) is 5.82 Å². The Morgan fingerprint density at radius 3 is 2.80 bits per heavy atom. The zero-order valence-corrected chi connectivity index (χ0v) is 9.40. The van der Waals surface area contributed by atoms with Crippen LogP contribution in [0.15, 0.2) is 0 Å². The van der Waals surface area contributed by atoms with E-state index in [0.717, 1.165) is 24.8 Å². The van der Waals surface area contributed by atoms with Crippen LogP contribution in [0, 0.1) is 0 Å². The molecule has 4 heteroatoms. The molecule has 0 aromatic carbocycles. The lowest BCUT2D eigenvalue weighted by atomic mass is 10.1. The molecule has 0 radical (unpaired) electrons. The third-order valence-electron chi connectivity index (χ3n) is 3.68. The van der Waals surface area contributed by atoms with Crippen LogP contribution in [0.25, 0.3) is 0 Å². The molecular weight excluding hydrogens is 188 g/mol. The van der Waals surface area contributed by atoms with Crippen LogP contribution in [-0.2, 0) is 13.6 Å². The molecule has 0 saturated heterocycles. The molecule has 1 unspecified atom stereocenters. The van der Waals surface area contributed by atoms with Crippen molar-refractivity contribution in [1.82, 2.24) is 14.7 Å². The summed E-state index contributed by atoms with van der Waals surface area (Å²) < 4.78 is 1.97. The van der Waals surface area contributed by atoms with E-state index < -0.39 is 0 Å². The summed E-state index contributed by atoms with van der Waals surface area (Å²) in [6.07, 6.45) is 3.87. The van der Waals surface area contributed by atoms with Crippen molar-refractivity contribution in [3.8, 4) is 0 Å². The topological polar surface area (TPSA) is 47.1 Å². The van der Waals surface area contributed by atoms with Crippen LogP contribution in [0.1, 0.15) is 43.5 Å². The van der Waals surface area contributed by atoms with Gasteiger partial charge in [-0.2, -0.15) is 5.10 Å². The number of hydrogen-bond donors (Lipinski definition) is 1. The minimum atomic E-state index is 0.544. The second-order valence-electron chi connectivity index (χ2n) is 4.70. The lowest BCUT2D eigenvalue weighted by Gasteiger charge is -2.24. The van der Waals surface area contributed by atoms with Crippen LogP contribution < -0.4 is 5.73 Å². The lowest BCUT2D eigenvalue weighted by Crippen LogP contribution is -2.25. The first-order chi connectivity index (χ1) is 7.22. The van der Waals surface area contributed by atoms with Gasteiger partial charge in [-0.15, -0.1) is 0 Å². The molecule has 1 aliphatic heterocycles. The summed E-state index contributed by atoms with van der Waals surface area (Å²) in [6, 6.07) is 1.35. The summed E-state index contributed by atoms with van der Waals surface area (Å²) in [7, 11) is 2.01. The van der Waals surface area contributed by atoms with Gasteiger partial charge < -0.3 is 5.73 Å². The van der Waals surface area contributed by atoms with Crippen molar-refractivity contribution < 1.29 is 0 Å². The summed E-state index contributed by atoms with van der Waals surface area (Å²) in [5.41, 5.74) is 8.56. The molecule has 2 N–H and O–H groups in total. The van der Waals surface area contributed by atoms with E-state index in [4.69, 9.17) is 5.73 Å². The largest absolute Gasteiger partial charge is 0.382 e. The van der Waals surface area contributed by atoms with Gasteiger partial charge in [0, 0.05) is 25.2 Å². The first-order valence-corrected chi connectivity index (χ1v) is 5.79. The molecule has 2 aliphatic rings. The highest BCUT2D eigenvalue weighted by molar-refractivity contribution is 5.46. The first kappa shape index (κ1) is 9.21. The fraction of sp³-hybridized carbons (Fsp3) is 0.727. The molecule has 0 amide bonds. The van der Waals surface area contributed by atoms with Crippen molar-refractivity contribution in [3.63, 3.8) is 0 Å². The van der Waals surface area contributed by atoms with Crippen molar-refractivity contribution in [2.24, 2.45) is 7.05 Å². The smallest absolute Gasteiger partial charge is 0.150 e. The SMILES string of the molecule is CCC1c2c(c(N)nn2C)CN1C1CC1. The van der Waals surface area contributed by atoms with Gasteiger partial charge in [0.2, 0.25) is 0 Å². The Morgan fingerprint density at radius 2 is 2.20 bits per heavy atom. The van der Waals surface area contributed by atoms with E-state index in [9.17, 15) is 0 Å². The summed E-state index contributed by atoms with van der Waals surface area (Å²) >= 11 is 0. The highest BCUT2D eigenvalue weighted by Gasteiger charge is 2.41. The van der Waals surface area contributed by atoms with Gasteiger partial charge in [-0.25, -0.2) is 0 Å². The average molecular weight is 206 g/mol. The quantitative estimate of drug-likeness (QED) is 0.796. The molecule has 1 saturated carbocycles. The number of hydrogen-bond acceptors (Lipinski definition) is 3. The molecule has 3 rings (SSSR count). The number of nitrogens with zero attached hydrogens (tertiary/aromatic N) is 3. The van der Waals surface area contributed by atoms with Crippen molar-refractivity contribution in [2.75, 3.05) is 5.73 Å². The Bertz CT molecular complexity index is 392. The molecule has 82 valence electrons. The van der Waals surface area contributed by atoms with E-state index in [1.807, 2.05) is 11.7 Å².